The summed E-state index contributed by atoms with van der Waals surface area (Å²) < 4.78 is 10.2. The van der Waals surface area contributed by atoms with Gasteiger partial charge in [0.25, 0.3) is 0 Å². The summed E-state index contributed by atoms with van der Waals surface area (Å²) in [5.41, 5.74) is 0.797. The predicted octanol–water partition coefficient (Wildman–Crippen LogP) is 3.02. The van der Waals surface area contributed by atoms with Gasteiger partial charge in [-0.3, -0.25) is 0 Å². The Morgan fingerprint density at radius 3 is 2.50 bits per heavy atom. The van der Waals surface area contributed by atoms with Crippen LogP contribution in [0.1, 0.15) is 5.56 Å². The summed E-state index contributed by atoms with van der Waals surface area (Å²) in [5, 5.41) is 9.15. The van der Waals surface area contributed by atoms with Gasteiger partial charge in [-0.2, -0.15) is 0 Å². The average Bonchev–Trinajstić information content (AvgIpc) is 2.47. The highest BCUT2D eigenvalue weighted by atomic mass is 16.5. The third kappa shape index (κ3) is 3.88. The highest BCUT2D eigenvalue weighted by molar-refractivity contribution is 5.88. The van der Waals surface area contributed by atoms with Gasteiger partial charge in [-0.05, 0) is 35.9 Å². The fourth-order valence-corrected chi connectivity index (χ4v) is 1.56. The number of benzene rings is 2. The molecule has 4 nitrogen and oxygen atoms in total. The van der Waals surface area contributed by atoms with E-state index in [1.54, 1.807) is 61.7 Å². The second-order valence-corrected chi connectivity index (χ2v) is 4.02. The van der Waals surface area contributed by atoms with Gasteiger partial charge in [0.05, 0.1) is 7.11 Å². The number of rotatable bonds is 4. The summed E-state index contributed by atoms with van der Waals surface area (Å²) in [6, 6.07) is 13.3. The number of carbonyl (C=O) groups excluding carboxylic acids is 1. The summed E-state index contributed by atoms with van der Waals surface area (Å²) in [4.78, 5) is 11.7. The van der Waals surface area contributed by atoms with E-state index in [1.807, 2.05) is 0 Å². The maximum atomic E-state index is 11.7. The van der Waals surface area contributed by atoms with Gasteiger partial charge in [-0.15, -0.1) is 0 Å². The lowest BCUT2D eigenvalue weighted by molar-refractivity contribution is -0.128. The molecule has 0 spiro atoms. The molecule has 0 amide bonds. The van der Waals surface area contributed by atoms with Crippen LogP contribution in [-0.4, -0.2) is 18.2 Å². The van der Waals surface area contributed by atoms with Crippen LogP contribution in [-0.2, 0) is 4.79 Å². The molecule has 0 bridgehead atoms. The molecule has 0 saturated heterocycles. The summed E-state index contributed by atoms with van der Waals surface area (Å²) in [5.74, 6) is 0.745. The van der Waals surface area contributed by atoms with Crippen LogP contribution in [0.5, 0.6) is 17.2 Å². The number of hydrogen-bond donors (Lipinski definition) is 1. The van der Waals surface area contributed by atoms with E-state index in [-0.39, 0.29) is 5.75 Å². The molecule has 2 aromatic carbocycles. The second-order valence-electron chi connectivity index (χ2n) is 4.02. The predicted molar refractivity (Wildman–Crippen MR) is 75.8 cm³/mol. The van der Waals surface area contributed by atoms with E-state index in [0.29, 0.717) is 11.5 Å². The molecule has 20 heavy (non-hydrogen) atoms. The molecule has 102 valence electrons. The first-order valence-corrected chi connectivity index (χ1v) is 6.00. The summed E-state index contributed by atoms with van der Waals surface area (Å²) in [7, 11) is 1.55. The molecule has 0 saturated carbocycles. The molecule has 1 N–H and O–H groups in total. The number of ether oxygens (including phenoxy) is 2. The molecule has 0 unspecified atom stereocenters. The SMILES string of the molecule is COc1cccc(OC(=O)C=Cc2ccc(O)cc2)c1. The van der Waals surface area contributed by atoms with Crippen LogP contribution in [0.15, 0.2) is 54.6 Å². The summed E-state index contributed by atoms with van der Waals surface area (Å²) in [6.07, 6.45) is 2.94. The first-order valence-electron chi connectivity index (χ1n) is 6.00. The van der Waals surface area contributed by atoms with E-state index in [1.165, 1.54) is 6.08 Å². The highest BCUT2D eigenvalue weighted by Gasteiger charge is 2.01. The average molecular weight is 270 g/mol. The summed E-state index contributed by atoms with van der Waals surface area (Å²) >= 11 is 0. The molecule has 0 radical (unpaired) electrons. The Hall–Kier alpha value is -2.75. The molecule has 0 aliphatic heterocycles. The smallest absolute Gasteiger partial charge is 0.336 e. The van der Waals surface area contributed by atoms with E-state index in [9.17, 15) is 4.79 Å². The largest absolute Gasteiger partial charge is 0.508 e. The lowest BCUT2D eigenvalue weighted by Gasteiger charge is -2.03. The Kier molecular flexibility index (Phi) is 4.39. The second kappa shape index (κ2) is 6.43. The van der Waals surface area contributed by atoms with Gasteiger partial charge in [-0.1, -0.05) is 18.2 Å². The number of aromatic hydroxyl groups is 1. The normalized spacial score (nSPS) is 10.4. The number of phenolic OH excluding ortho intramolecular Hbond substituents is 1. The molecule has 0 aliphatic carbocycles. The fraction of sp³-hybridized carbons (Fsp3) is 0.0625. The van der Waals surface area contributed by atoms with Crippen molar-refractivity contribution in [3.05, 3.63) is 60.2 Å². The number of carbonyl (C=O) groups is 1. The van der Waals surface area contributed by atoms with Crippen molar-refractivity contribution in [2.24, 2.45) is 0 Å². The van der Waals surface area contributed by atoms with Gasteiger partial charge in [0.2, 0.25) is 0 Å². The minimum Gasteiger partial charge on any atom is -0.508 e. The maximum absolute atomic E-state index is 11.7. The van der Waals surface area contributed by atoms with E-state index < -0.39 is 5.97 Å². The monoisotopic (exact) mass is 270 g/mol. The van der Waals surface area contributed by atoms with Crippen molar-refractivity contribution in [1.29, 1.82) is 0 Å². The lowest BCUT2D eigenvalue weighted by Crippen LogP contribution is -2.03. The van der Waals surface area contributed by atoms with Crippen molar-refractivity contribution in [3.8, 4) is 17.2 Å². The van der Waals surface area contributed by atoms with E-state index >= 15 is 0 Å². The maximum Gasteiger partial charge on any atom is 0.336 e. The first kappa shape index (κ1) is 13.7. The van der Waals surface area contributed by atoms with Gasteiger partial charge in [-0.25, -0.2) is 4.79 Å². The van der Waals surface area contributed by atoms with E-state index in [0.717, 1.165) is 5.56 Å². The first-order chi connectivity index (χ1) is 9.67. The highest BCUT2D eigenvalue weighted by Crippen LogP contribution is 2.19. The third-order valence-electron chi connectivity index (χ3n) is 2.56. The van der Waals surface area contributed by atoms with Gasteiger partial charge < -0.3 is 14.6 Å². The van der Waals surface area contributed by atoms with Crippen LogP contribution in [0.3, 0.4) is 0 Å². The Bertz CT molecular complexity index is 615. The van der Waals surface area contributed by atoms with Crippen LogP contribution in [0.2, 0.25) is 0 Å². The van der Waals surface area contributed by atoms with Crippen molar-refractivity contribution >= 4 is 12.0 Å². The lowest BCUT2D eigenvalue weighted by atomic mass is 10.2. The van der Waals surface area contributed by atoms with Gasteiger partial charge in [0, 0.05) is 12.1 Å². The minimum atomic E-state index is -0.480. The molecule has 2 rings (SSSR count). The molecule has 0 aromatic heterocycles. The van der Waals surface area contributed by atoms with E-state index in [4.69, 9.17) is 14.6 Å². The Morgan fingerprint density at radius 2 is 1.80 bits per heavy atom. The number of phenols is 1. The van der Waals surface area contributed by atoms with Crippen LogP contribution in [0.4, 0.5) is 0 Å². The van der Waals surface area contributed by atoms with Crippen molar-refractivity contribution in [3.63, 3.8) is 0 Å². The molecule has 0 fully saturated rings. The number of hydrogen-bond acceptors (Lipinski definition) is 4. The Morgan fingerprint density at radius 1 is 1.10 bits per heavy atom. The fourth-order valence-electron chi connectivity index (χ4n) is 1.56. The zero-order valence-electron chi connectivity index (χ0n) is 10.9. The van der Waals surface area contributed by atoms with Gasteiger partial charge in [0.1, 0.15) is 17.2 Å². The third-order valence-corrected chi connectivity index (χ3v) is 2.56. The van der Waals surface area contributed by atoms with Crippen LogP contribution >= 0.6 is 0 Å². The molecule has 2 aromatic rings. The van der Waals surface area contributed by atoms with Crippen molar-refractivity contribution in [2.45, 2.75) is 0 Å². The quantitative estimate of drug-likeness (QED) is 0.527. The van der Waals surface area contributed by atoms with Crippen molar-refractivity contribution in [2.75, 3.05) is 7.11 Å². The number of methoxy groups -OCH3 is 1. The van der Waals surface area contributed by atoms with Crippen molar-refractivity contribution in [1.82, 2.24) is 0 Å². The molecule has 0 heterocycles. The van der Waals surface area contributed by atoms with Crippen LogP contribution in [0, 0.1) is 0 Å². The molecule has 0 atom stereocenters. The topological polar surface area (TPSA) is 55.8 Å². The summed E-state index contributed by atoms with van der Waals surface area (Å²) in [6.45, 7) is 0. The number of esters is 1. The minimum absolute atomic E-state index is 0.182. The molecular weight excluding hydrogens is 256 g/mol. The van der Waals surface area contributed by atoms with Crippen LogP contribution in [0.25, 0.3) is 6.08 Å². The molecule has 4 heteroatoms. The molecule has 0 aliphatic rings. The zero-order valence-corrected chi connectivity index (χ0v) is 10.9. The Labute approximate surface area is 116 Å². The Balaban J connectivity index is 1.99. The van der Waals surface area contributed by atoms with Crippen molar-refractivity contribution < 1.29 is 19.4 Å². The molecular formula is C16H14O4. The zero-order chi connectivity index (χ0) is 14.4. The van der Waals surface area contributed by atoms with Gasteiger partial charge in [0.15, 0.2) is 0 Å². The van der Waals surface area contributed by atoms with Crippen LogP contribution < -0.4 is 9.47 Å². The van der Waals surface area contributed by atoms with E-state index in [2.05, 4.69) is 0 Å². The van der Waals surface area contributed by atoms with Gasteiger partial charge >= 0.3 is 5.97 Å². The standard InChI is InChI=1S/C16H14O4/c1-19-14-3-2-4-15(11-14)20-16(18)10-7-12-5-8-13(17)9-6-12/h2-11,17H,1H3.